The van der Waals surface area contributed by atoms with E-state index in [0.717, 1.165) is 21.7 Å². The van der Waals surface area contributed by atoms with Crippen molar-refractivity contribution in [1.29, 1.82) is 0 Å². The minimum Gasteiger partial charge on any atom is -0.465 e. The molecular weight excluding hydrogens is 534 g/mol. The van der Waals surface area contributed by atoms with Crippen LogP contribution in [-0.4, -0.2) is 97.6 Å². The largest absolute Gasteiger partial charge is 0.465 e. The van der Waals surface area contributed by atoms with Gasteiger partial charge in [-0.25, -0.2) is 21.6 Å². The van der Waals surface area contributed by atoms with Gasteiger partial charge in [-0.2, -0.15) is 4.31 Å². The molecule has 0 aliphatic rings. The number of oxime groups is 1. The van der Waals surface area contributed by atoms with Crippen LogP contribution >= 0.6 is 0 Å². The lowest BCUT2D eigenvalue weighted by Gasteiger charge is -2.35. The fourth-order valence-corrected chi connectivity index (χ4v) is 6.08. The minimum atomic E-state index is -4.11. The predicted molar refractivity (Wildman–Crippen MR) is 144 cm³/mol. The zero-order valence-electron chi connectivity index (χ0n) is 21.6. The van der Waals surface area contributed by atoms with Gasteiger partial charge in [-0.1, -0.05) is 61.5 Å². The molecule has 0 bridgehead atoms. The van der Waals surface area contributed by atoms with Crippen LogP contribution < -0.4 is 0 Å². The van der Waals surface area contributed by atoms with Crippen molar-refractivity contribution < 1.29 is 37.1 Å². The maximum Gasteiger partial charge on any atom is 0.407 e. The molecule has 2 aromatic rings. The molecule has 0 saturated heterocycles. The van der Waals surface area contributed by atoms with Crippen molar-refractivity contribution in [3.05, 3.63) is 65.7 Å². The third-order valence-electron chi connectivity index (χ3n) is 5.76. The number of carbonyl (C=O) groups is 1. The second-order valence-electron chi connectivity index (χ2n) is 9.46. The van der Waals surface area contributed by atoms with Crippen LogP contribution in [0.2, 0.25) is 0 Å². The van der Waals surface area contributed by atoms with Crippen molar-refractivity contribution in [2.75, 3.05) is 31.6 Å². The predicted octanol–water partition coefficient (Wildman–Crippen LogP) is 2.14. The fraction of sp³-hybridized carbons (Fsp3) is 0.440. The molecule has 2 atom stereocenters. The van der Waals surface area contributed by atoms with E-state index in [4.69, 9.17) is 5.21 Å². The first kappa shape index (κ1) is 31.2. The first-order valence-corrected chi connectivity index (χ1v) is 15.4. The van der Waals surface area contributed by atoms with Crippen molar-refractivity contribution >= 4 is 32.2 Å². The molecule has 0 radical (unpaired) electrons. The Morgan fingerprint density at radius 1 is 1.00 bits per heavy atom. The summed E-state index contributed by atoms with van der Waals surface area (Å²) in [4.78, 5) is 13.0. The minimum absolute atomic E-state index is 0.0445. The number of amides is 1. The van der Waals surface area contributed by atoms with Crippen LogP contribution in [0.3, 0.4) is 0 Å². The van der Waals surface area contributed by atoms with E-state index in [2.05, 4.69) is 5.16 Å². The molecule has 11 nitrogen and oxygen atoms in total. The maximum atomic E-state index is 13.5. The van der Waals surface area contributed by atoms with Crippen molar-refractivity contribution in [3.63, 3.8) is 0 Å². The summed E-state index contributed by atoms with van der Waals surface area (Å²) in [6.45, 7) is 2.88. The number of rotatable bonds is 14. The average Bonchev–Trinajstić information content (AvgIpc) is 2.83. The van der Waals surface area contributed by atoms with Gasteiger partial charge in [0.15, 0.2) is 0 Å². The van der Waals surface area contributed by atoms with Gasteiger partial charge in [-0.3, -0.25) is 0 Å². The standard InChI is InChI=1S/C25H35N3O8S2/c1-19(2)17-27(38(35,36)22-11-9-21(10-12-22)16-26-32)18-24(29)23(15-20-7-5-4-6-8-20)28(25(30)31)13-14-37(3,33)34/h4-12,16,19,23-24,29,32H,13-15,17-18H2,1-3H3,(H,30,31)/t23-,24+/m0/s1. The number of benzene rings is 2. The number of hydrogen-bond donors (Lipinski definition) is 3. The molecule has 3 N–H and O–H groups in total. The molecule has 38 heavy (non-hydrogen) atoms. The highest BCUT2D eigenvalue weighted by Crippen LogP contribution is 2.21. The summed E-state index contributed by atoms with van der Waals surface area (Å²) >= 11 is 0. The third kappa shape index (κ3) is 9.39. The van der Waals surface area contributed by atoms with Gasteiger partial charge in [-0.05, 0) is 35.6 Å². The van der Waals surface area contributed by atoms with E-state index in [0.29, 0.717) is 11.1 Å². The molecule has 1 amide bonds. The normalized spacial score (nSPS) is 14.2. The van der Waals surface area contributed by atoms with Crippen LogP contribution in [0.4, 0.5) is 4.79 Å². The third-order valence-corrected chi connectivity index (χ3v) is 8.54. The highest BCUT2D eigenvalue weighted by molar-refractivity contribution is 7.90. The van der Waals surface area contributed by atoms with Crippen LogP contribution in [0.25, 0.3) is 0 Å². The molecule has 0 aromatic heterocycles. The van der Waals surface area contributed by atoms with Gasteiger partial charge in [0.25, 0.3) is 0 Å². The Hall–Kier alpha value is -3.00. The van der Waals surface area contributed by atoms with E-state index in [-0.39, 0.29) is 30.3 Å². The molecule has 13 heteroatoms. The summed E-state index contributed by atoms with van der Waals surface area (Å²) in [5, 5.41) is 32.8. The monoisotopic (exact) mass is 569 g/mol. The Morgan fingerprint density at radius 2 is 1.61 bits per heavy atom. The zero-order chi connectivity index (χ0) is 28.5. The smallest absolute Gasteiger partial charge is 0.407 e. The summed E-state index contributed by atoms with van der Waals surface area (Å²) in [6.07, 6.45) is -0.710. The van der Waals surface area contributed by atoms with Gasteiger partial charge in [0.1, 0.15) is 9.84 Å². The highest BCUT2D eigenvalue weighted by atomic mass is 32.2. The van der Waals surface area contributed by atoms with Crippen LogP contribution in [0, 0.1) is 5.92 Å². The van der Waals surface area contributed by atoms with Crippen molar-refractivity contribution in [3.8, 4) is 0 Å². The van der Waals surface area contributed by atoms with E-state index >= 15 is 0 Å². The Morgan fingerprint density at radius 3 is 2.11 bits per heavy atom. The quantitative estimate of drug-likeness (QED) is 0.177. The van der Waals surface area contributed by atoms with Gasteiger partial charge >= 0.3 is 6.09 Å². The number of carboxylic acid groups (broad SMARTS) is 1. The average molecular weight is 570 g/mol. The van der Waals surface area contributed by atoms with Crippen molar-refractivity contribution in [2.45, 2.75) is 37.3 Å². The molecule has 0 fully saturated rings. The van der Waals surface area contributed by atoms with Gasteiger partial charge in [0, 0.05) is 25.9 Å². The Labute approximate surface area is 224 Å². The second-order valence-corrected chi connectivity index (χ2v) is 13.7. The molecule has 210 valence electrons. The second kappa shape index (κ2) is 13.7. The van der Waals surface area contributed by atoms with E-state index in [9.17, 15) is 31.8 Å². The number of aliphatic hydroxyl groups is 1. The van der Waals surface area contributed by atoms with Gasteiger partial charge in [0.05, 0.1) is 29.0 Å². The van der Waals surface area contributed by atoms with Crippen LogP contribution in [0.5, 0.6) is 0 Å². The zero-order valence-corrected chi connectivity index (χ0v) is 23.2. The fourth-order valence-electron chi connectivity index (χ4n) is 3.93. The van der Waals surface area contributed by atoms with Crippen molar-refractivity contribution in [2.24, 2.45) is 11.1 Å². The topological polar surface area (TPSA) is 165 Å². The number of sulfone groups is 1. The summed E-state index contributed by atoms with van der Waals surface area (Å²) in [7, 11) is -7.61. The van der Waals surface area contributed by atoms with E-state index in [1.165, 1.54) is 24.3 Å². The van der Waals surface area contributed by atoms with Crippen LogP contribution in [0.15, 0.2) is 64.6 Å². The lowest BCUT2D eigenvalue weighted by Crippen LogP contribution is -2.53. The molecule has 0 heterocycles. The molecule has 0 saturated carbocycles. The maximum absolute atomic E-state index is 13.5. The van der Waals surface area contributed by atoms with Crippen LogP contribution in [-0.2, 0) is 26.3 Å². The summed E-state index contributed by atoms with van der Waals surface area (Å²) in [5.41, 5.74) is 1.18. The first-order valence-electron chi connectivity index (χ1n) is 11.9. The molecule has 0 unspecified atom stereocenters. The van der Waals surface area contributed by atoms with Crippen LogP contribution in [0.1, 0.15) is 25.0 Å². The lowest BCUT2D eigenvalue weighted by molar-refractivity contribution is 0.0395. The molecule has 2 aromatic carbocycles. The molecule has 0 aliphatic carbocycles. The Balaban J connectivity index is 2.44. The SMILES string of the molecule is CC(C)CN(C[C@@H](O)[C@H](Cc1ccccc1)N(CCS(C)(=O)=O)C(=O)O)S(=O)(=O)c1ccc(C=NO)cc1. The number of hydrogen-bond acceptors (Lipinski definition) is 8. The number of nitrogens with zero attached hydrogens (tertiary/aromatic N) is 3. The summed E-state index contributed by atoms with van der Waals surface area (Å²) < 4.78 is 51.7. The Bertz CT molecular complexity index is 1280. The molecular formula is C25H35N3O8S2. The molecule has 0 aliphatic heterocycles. The summed E-state index contributed by atoms with van der Waals surface area (Å²) in [5.74, 6) is -0.569. The number of sulfonamides is 1. The van der Waals surface area contributed by atoms with Crippen molar-refractivity contribution in [1.82, 2.24) is 9.21 Å². The summed E-state index contributed by atoms with van der Waals surface area (Å²) in [6, 6.07) is 13.3. The number of aliphatic hydroxyl groups excluding tert-OH is 1. The van der Waals surface area contributed by atoms with E-state index in [1.54, 1.807) is 30.3 Å². The lowest BCUT2D eigenvalue weighted by atomic mass is 9.99. The van der Waals surface area contributed by atoms with Gasteiger partial charge in [0.2, 0.25) is 10.0 Å². The first-order chi connectivity index (χ1) is 17.7. The van der Waals surface area contributed by atoms with E-state index in [1.807, 2.05) is 13.8 Å². The Kier molecular flexibility index (Phi) is 11.2. The molecule has 0 spiro atoms. The molecule has 2 rings (SSSR count). The van der Waals surface area contributed by atoms with E-state index < -0.39 is 50.4 Å². The van der Waals surface area contributed by atoms with Gasteiger partial charge in [-0.15, -0.1) is 0 Å². The highest BCUT2D eigenvalue weighted by Gasteiger charge is 2.35. The van der Waals surface area contributed by atoms with Gasteiger partial charge < -0.3 is 20.3 Å².